The van der Waals surface area contributed by atoms with Crippen LogP contribution in [0.25, 0.3) is 10.9 Å². The zero-order chi connectivity index (χ0) is 20.0. The van der Waals surface area contributed by atoms with Crippen molar-refractivity contribution in [3.8, 4) is 0 Å². The number of nitrogens with zero attached hydrogens (tertiary/aromatic N) is 4. The summed E-state index contributed by atoms with van der Waals surface area (Å²) in [5.41, 5.74) is -0.190. The van der Waals surface area contributed by atoms with Gasteiger partial charge in [0.15, 0.2) is 11.0 Å². The smallest absolute Gasteiger partial charge is 0.266 e. The summed E-state index contributed by atoms with van der Waals surface area (Å²) in [5, 5.41) is 2.77. The first-order valence-corrected chi connectivity index (χ1v) is 9.24. The van der Waals surface area contributed by atoms with Gasteiger partial charge >= 0.3 is 0 Å². The monoisotopic (exact) mass is 421 g/mol. The van der Waals surface area contributed by atoms with Gasteiger partial charge in [-0.3, -0.25) is 0 Å². The lowest BCUT2D eigenvalue weighted by atomic mass is 9.95. The molecule has 1 atom stereocenters. The summed E-state index contributed by atoms with van der Waals surface area (Å²) in [6, 6.07) is -0.457. The highest BCUT2D eigenvalue weighted by Crippen LogP contribution is 2.34. The molecule has 5 nitrogen and oxygen atoms in total. The van der Waals surface area contributed by atoms with E-state index in [0.717, 1.165) is 0 Å². The minimum absolute atomic E-state index is 0.0493. The second-order valence-electron chi connectivity index (χ2n) is 8.02. The second kappa shape index (κ2) is 7.22. The number of halogens is 5. The summed E-state index contributed by atoms with van der Waals surface area (Å²) in [7, 11) is 0. The molecule has 1 N–H and O–H groups in total. The molecule has 3 heterocycles. The number of aromatic nitrogens is 3. The average Bonchev–Trinajstić information content (AvgIpc) is 2.54. The van der Waals surface area contributed by atoms with Crippen molar-refractivity contribution >= 4 is 39.9 Å². The van der Waals surface area contributed by atoms with Crippen LogP contribution in [0.15, 0.2) is 6.20 Å². The van der Waals surface area contributed by atoms with Gasteiger partial charge in [0.05, 0.1) is 11.9 Å². The Morgan fingerprint density at radius 3 is 2.67 bits per heavy atom. The van der Waals surface area contributed by atoms with Crippen molar-refractivity contribution in [2.24, 2.45) is 5.41 Å². The van der Waals surface area contributed by atoms with Gasteiger partial charge < -0.3 is 10.2 Å². The third kappa shape index (κ3) is 4.73. The molecule has 0 aliphatic carbocycles. The van der Waals surface area contributed by atoms with Gasteiger partial charge in [0.1, 0.15) is 11.3 Å². The van der Waals surface area contributed by atoms with Crippen LogP contribution in [0.1, 0.15) is 27.2 Å². The minimum Gasteiger partial charge on any atom is -0.348 e. The molecule has 3 rings (SSSR count). The van der Waals surface area contributed by atoms with Crippen molar-refractivity contribution in [1.29, 1.82) is 0 Å². The Balaban J connectivity index is 1.98. The molecule has 2 aromatic rings. The maximum atomic E-state index is 14.4. The number of fused-ring (bicyclic) bond motifs is 1. The minimum atomic E-state index is -2.93. The second-order valence-corrected chi connectivity index (χ2v) is 8.72. The molecule has 0 radical (unpaired) electrons. The maximum Gasteiger partial charge on any atom is 0.266 e. The largest absolute Gasteiger partial charge is 0.348 e. The number of rotatable bonds is 3. The number of hydrogen-bond donors (Lipinski definition) is 1. The zero-order valence-electron chi connectivity index (χ0n) is 15.2. The van der Waals surface area contributed by atoms with E-state index >= 15 is 0 Å². The molecule has 0 spiro atoms. The molecule has 1 aliphatic rings. The summed E-state index contributed by atoms with van der Waals surface area (Å²) in [6.07, 6.45) is 0.992. The van der Waals surface area contributed by atoms with Gasteiger partial charge in [-0.15, -0.1) is 0 Å². The topological polar surface area (TPSA) is 53.9 Å². The number of piperidine rings is 1. The molecule has 148 valence electrons. The number of hydrogen-bond acceptors (Lipinski definition) is 5. The van der Waals surface area contributed by atoms with Gasteiger partial charge in [0.25, 0.3) is 5.92 Å². The molecule has 0 bridgehead atoms. The lowest BCUT2D eigenvalue weighted by Crippen LogP contribution is -2.55. The summed E-state index contributed by atoms with van der Waals surface area (Å²) in [5.74, 6) is -3.67. The Kier molecular flexibility index (Phi) is 5.44. The van der Waals surface area contributed by atoms with Crippen LogP contribution >= 0.6 is 23.2 Å². The van der Waals surface area contributed by atoms with Gasteiger partial charge in [-0.1, -0.05) is 32.4 Å². The number of nitrogens with one attached hydrogen (secondary N) is 1. The van der Waals surface area contributed by atoms with E-state index in [0.29, 0.717) is 6.54 Å². The van der Waals surface area contributed by atoms with Gasteiger partial charge in [-0.25, -0.2) is 23.1 Å². The lowest BCUT2D eigenvalue weighted by molar-refractivity contribution is -0.0224. The quantitative estimate of drug-likeness (QED) is 0.590. The SMILES string of the molecule is CC(C)(C)CNC1CN(c2nc(Cl)nc3c(F)c(Cl)ncc23)CC(F)(F)C1. The van der Waals surface area contributed by atoms with E-state index in [-0.39, 0.29) is 45.5 Å². The summed E-state index contributed by atoms with van der Waals surface area (Å²) in [6.45, 7) is 6.38. The predicted molar refractivity (Wildman–Crippen MR) is 100 cm³/mol. The van der Waals surface area contributed by atoms with E-state index < -0.39 is 24.3 Å². The first kappa shape index (κ1) is 20.4. The summed E-state index contributed by atoms with van der Waals surface area (Å²) >= 11 is 11.6. The molecule has 2 aromatic heterocycles. The fourth-order valence-corrected chi connectivity index (χ4v) is 3.38. The zero-order valence-corrected chi connectivity index (χ0v) is 16.7. The molecule has 1 aliphatic heterocycles. The Hall–Kier alpha value is -1.38. The van der Waals surface area contributed by atoms with Crippen molar-refractivity contribution in [2.75, 3.05) is 24.5 Å². The van der Waals surface area contributed by atoms with E-state index in [1.54, 1.807) is 0 Å². The van der Waals surface area contributed by atoms with Crippen molar-refractivity contribution < 1.29 is 13.2 Å². The lowest BCUT2D eigenvalue weighted by Gasteiger charge is -2.39. The molecule has 1 fully saturated rings. The molecule has 0 aromatic carbocycles. The molecule has 0 amide bonds. The van der Waals surface area contributed by atoms with E-state index in [2.05, 4.69) is 20.3 Å². The highest BCUT2D eigenvalue weighted by atomic mass is 35.5. The van der Waals surface area contributed by atoms with E-state index in [1.165, 1.54) is 11.1 Å². The van der Waals surface area contributed by atoms with Crippen molar-refractivity contribution in [3.63, 3.8) is 0 Å². The molecular formula is C17H20Cl2F3N5. The molecule has 1 saturated heterocycles. The number of alkyl halides is 2. The van der Waals surface area contributed by atoms with E-state index in [4.69, 9.17) is 23.2 Å². The van der Waals surface area contributed by atoms with Gasteiger partial charge in [-0.2, -0.15) is 4.98 Å². The van der Waals surface area contributed by atoms with Gasteiger partial charge in [0.2, 0.25) is 5.28 Å². The Labute approximate surface area is 165 Å². The number of pyridine rings is 1. The summed E-state index contributed by atoms with van der Waals surface area (Å²) < 4.78 is 43.1. The standard InChI is InChI=1S/C17H20Cl2F3N5/c1-16(2,3)7-24-9-4-17(21,22)8-27(6-9)14-10-5-23-13(18)11(20)12(10)25-15(19)26-14/h5,9,24H,4,6-8H2,1-3H3. The summed E-state index contributed by atoms with van der Waals surface area (Å²) in [4.78, 5) is 13.1. The molecular weight excluding hydrogens is 402 g/mol. The van der Waals surface area contributed by atoms with Crippen molar-refractivity contribution in [2.45, 2.75) is 39.2 Å². The first-order valence-electron chi connectivity index (χ1n) is 8.49. The van der Waals surface area contributed by atoms with Crippen LogP contribution in [-0.4, -0.2) is 46.6 Å². The average molecular weight is 422 g/mol. The Morgan fingerprint density at radius 1 is 1.30 bits per heavy atom. The van der Waals surface area contributed by atoms with Gasteiger partial charge in [-0.05, 0) is 17.0 Å². The first-order chi connectivity index (χ1) is 12.5. The molecule has 10 heteroatoms. The van der Waals surface area contributed by atoms with Gasteiger partial charge in [0, 0.05) is 31.7 Å². The van der Waals surface area contributed by atoms with Crippen LogP contribution in [0.3, 0.4) is 0 Å². The normalized spacial score (nSPS) is 20.3. The van der Waals surface area contributed by atoms with Crippen LogP contribution in [0.5, 0.6) is 0 Å². The highest BCUT2D eigenvalue weighted by molar-refractivity contribution is 6.30. The van der Waals surface area contributed by atoms with Crippen LogP contribution in [0, 0.1) is 11.2 Å². The van der Waals surface area contributed by atoms with Crippen LogP contribution in [0.4, 0.5) is 19.0 Å². The predicted octanol–water partition coefficient (Wildman–Crippen LogP) is 4.32. The Morgan fingerprint density at radius 2 is 2.00 bits per heavy atom. The maximum absolute atomic E-state index is 14.4. The third-order valence-electron chi connectivity index (χ3n) is 4.22. The van der Waals surface area contributed by atoms with Crippen LogP contribution < -0.4 is 10.2 Å². The fourth-order valence-electron chi connectivity index (χ4n) is 3.08. The molecule has 1 unspecified atom stereocenters. The van der Waals surface area contributed by atoms with Crippen molar-refractivity contribution in [3.05, 3.63) is 22.5 Å². The van der Waals surface area contributed by atoms with Crippen molar-refractivity contribution in [1.82, 2.24) is 20.3 Å². The van der Waals surface area contributed by atoms with Crippen LogP contribution in [0.2, 0.25) is 10.4 Å². The Bertz CT molecular complexity index is 857. The van der Waals surface area contributed by atoms with E-state index in [9.17, 15) is 13.2 Å². The molecule has 0 saturated carbocycles. The fraction of sp³-hybridized carbons (Fsp3) is 0.588. The van der Waals surface area contributed by atoms with E-state index in [1.807, 2.05) is 20.8 Å². The highest BCUT2D eigenvalue weighted by Gasteiger charge is 2.41. The van der Waals surface area contributed by atoms with Crippen LogP contribution in [-0.2, 0) is 0 Å². The third-order valence-corrected chi connectivity index (χ3v) is 4.66. The number of anilines is 1. The molecule has 27 heavy (non-hydrogen) atoms.